The van der Waals surface area contributed by atoms with Crippen molar-refractivity contribution in [2.75, 3.05) is 28.4 Å². The van der Waals surface area contributed by atoms with Gasteiger partial charge < -0.3 is 18.9 Å². The van der Waals surface area contributed by atoms with Crippen molar-refractivity contribution in [1.29, 1.82) is 0 Å². The monoisotopic (exact) mass is 688 g/mol. The van der Waals surface area contributed by atoms with Gasteiger partial charge in [0.1, 0.15) is 11.4 Å². The Hall–Kier alpha value is -1.92. The molecule has 0 bridgehead atoms. The maximum Gasteiger partial charge on any atom is 0.184 e. The molecule has 0 atom stereocenters. The van der Waals surface area contributed by atoms with Gasteiger partial charge in [-0.05, 0) is 68.9 Å². The van der Waals surface area contributed by atoms with Gasteiger partial charge in [0.2, 0.25) is 0 Å². The predicted octanol–water partition coefficient (Wildman–Crippen LogP) is 5.72. The Morgan fingerprint density at radius 3 is 1.09 bits per heavy atom. The van der Waals surface area contributed by atoms with Gasteiger partial charge in [-0.3, -0.25) is 0 Å². The summed E-state index contributed by atoms with van der Waals surface area (Å²) >= 11 is 4.34. The van der Waals surface area contributed by atoms with E-state index in [9.17, 15) is 0 Å². The number of ether oxygens (including phenoxy) is 4. The first-order chi connectivity index (χ1) is 15.8. The highest BCUT2D eigenvalue weighted by Crippen LogP contribution is 2.42. The van der Waals surface area contributed by atoms with Crippen LogP contribution >= 0.6 is 45.2 Å². The molecule has 0 saturated heterocycles. The van der Waals surface area contributed by atoms with E-state index in [1.807, 2.05) is 0 Å². The molecule has 2 aromatic rings. The standard InChI is InChI=1S/C26H30I2N2O4/c1-25(2,3)23-21(33-9)19(31-7)17(27)15(29-23)13-11-12-14-16-18(28)20(32-8)22(34-10)24(30-16)26(4,5)6/h1-10H3. The number of hydrogen-bond donors (Lipinski definition) is 0. The fraction of sp³-hybridized carbons (Fsp3) is 0.462. The van der Waals surface area contributed by atoms with Crippen molar-refractivity contribution in [3.05, 3.63) is 29.9 Å². The lowest BCUT2D eigenvalue weighted by atomic mass is 9.90. The van der Waals surface area contributed by atoms with Crippen LogP contribution in [0, 0.1) is 30.8 Å². The molecule has 0 aliphatic carbocycles. The van der Waals surface area contributed by atoms with E-state index in [1.165, 1.54) is 0 Å². The first-order valence-corrected chi connectivity index (χ1v) is 12.6. The van der Waals surface area contributed by atoms with Crippen molar-refractivity contribution in [3.8, 4) is 46.7 Å². The Morgan fingerprint density at radius 2 is 0.853 bits per heavy atom. The molecule has 2 rings (SSSR count). The molecule has 0 spiro atoms. The molecule has 8 heteroatoms. The number of hydrogen-bond acceptors (Lipinski definition) is 6. The first-order valence-electron chi connectivity index (χ1n) is 10.5. The molecular weight excluding hydrogens is 658 g/mol. The molecule has 2 aromatic heterocycles. The third-order valence-corrected chi connectivity index (χ3v) is 6.77. The van der Waals surface area contributed by atoms with Gasteiger partial charge in [0.15, 0.2) is 23.0 Å². The molecule has 0 fully saturated rings. The summed E-state index contributed by atoms with van der Waals surface area (Å²) < 4.78 is 24.0. The molecule has 0 amide bonds. The van der Waals surface area contributed by atoms with E-state index in [0.717, 1.165) is 18.5 Å². The second-order valence-corrected chi connectivity index (χ2v) is 11.5. The Labute approximate surface area is 230 Å². The molecule has 0 aliphatic rings. The van der Waals surface area contributed by atoms with Gasteiger partial charge in [0.25, 0.3) is 0 Å². The molecular formula is C26H30I2N2O4. The highest BCUT2D eigenvalue weighted by Gasteiger charge is 2.28. The molecule has 6 nitrogen and oxygen atoms in total. The maximum absolute atomic E-state index is 5.61. The minimum atomic E-state index is -0.256. The van der Waals surface area contributed by atoms with Crippen molar-refractivity contribution in [2.45, 2.75) is 52.4 Å². The minimum Gasteiger partial charge on any atom is -0.492 e. The van der Waals surface area contributed by atoms with Gasteiger partial charge in [-0.15, -0.1) is 0 Å². The Bertz CT molecular complexity index is 1110. The van der Waals surface area contributed by atoms with Crippen LogP contribution in [0.3, 0.4) is 0 Å². The molecule has 0 N–H and O–H groups in total. The summed E-state index contributed by atoms with van der Waals surface area (Å²) in [5.41, 5.74) is 2.21. The van der Waals surface area contributed by atoms with Gasteiger partial charge in [-0.25, -0.2) is 9.97 Å². The van der Waals surface area contributed by atoms with Crippen LogP contribution in [-0.4, -0.2) is 38.4 Å². The zero-order valence-electron chi connectivity index (χ0n) is 21.3. The van der Waals surface area contributed by atoms with E-state index in [-0.39, 0.29) is 10.8 Å². The van der Waals surface area contributed by atoms with Crippen molar-refractivity contribution >= 4 is 45.2 Å². The number of aromatic nitrogens is 2. The lowest BCUT2D eigenvalue weighted by Crippen LogP contribution is -2.17. The average Bonchev–Trinajstić information content (AvgIpc) is 2.75. The summed E-state index contributed by atoms with van der Waals surface area (Å²) in [6.45, 7) is 12.4. The Kier molecular flexibility index (Phi) is 9.34. The van der Waals surface area contributed by atoms with Crippen LogP contribution in [0.5, 0.6) is 23.0 Å². The molecule has 0 aromatic carbocycles. The number of methoxy groups -OCH3 is 4. The lowest BCUT2D eigenvalue weighted by molar-refractivity contribution is 0.339. The molecule has 34 heavy (non-hydrogen) atoms. The minimum absolute atomic E-state index is 0.256. The number of pyridine rings is 2. The van der Waals surface area contributed by atoms with Gasteiger partial charge in [0, 0.05) is 10.8 Å². The molecule has 0 unspecified atom stereocenters. The highest BCUT2D eigenvalue weighted by atomic mass is 127. The number of rotatable bonds is 4. The summed E-state index contributed by atoms with van der Waals surface area (Å²) in [5.74, 6) is 14.5. The average molecular weight is 688 g/mol. The van der Waals surface area contributed by atoms with E-state index < -0.39 is 0 Å². The van der Waals surface area contributed by atoms with Crippen LogP contribution in [0.4, 0.5) is 0 Å². The largest absolute Gasteiger partial charge is 0.492 e. The summed E-state index contributed by atoms with van der Waals surface area (Å²) in [6.07, 6.45) is 0. The fourth-order valence-electron chi connectivity index (χ4n) is 3.16. The second kappa shape index (κ2) is 11.2. The van der Waals surface area contributed by atoms with Crippen LogP contribution in [-0.2, 0) is 10.8 Å². The van der Waals surface area contributed by atoms with Gasteiger partial charge in [-0.2, -0.15) is 0 Å². The summed E-state index contributed by atoms with van der Waals surface area (Å²) in [4.78, 5) is 9.55. The maximum atomic E-state index is 5.61. The molecule has 0 aliphatic heterocycles. The second-order valence-electron chi connectivity index (χ2n) is 9.38. The van der Waals surface area contributed by atoms with E-state index in [0.29, 0.717) is 34.4 Å². The molecule has 0 radical (unpaired) electrons. The third kappa shape index (κ3) is 6.01. The van der Waals surface area contributed by atoms with Crippen LogP contribution < -0.4 is 18.9 Å². The zero-order valence-corrected chi connectivity index (χ0v) is 25.6. The lowest BCUT2D eigenvalue weighted by Gasteiger charge is -2.23. The quantitative estimate of drug-likeness (QED) is 0.303. The van der Waals surface area contributed by atoms with Crippen LogP contribution in [0.2, 0.25) is 0 Å². The van der Waals surface area contributed by atoms with Crippen molar-refractivity contribution in [2.24, 2.45) is 0 Å². The Morgan fingerprint density at radius 1 is 0.559 bits per heavy atom. The first kappa shape index (κ1) is 28.3. The fourth-order valence-corrected chi connectivity index (χ4v) is 4.60. The zero-order chi connectivity index (χ0) is 25.8. The van der Waals surface area contributed by atoms with Gasteiger partial charge in [-0.1, -0.05) is 41.5 Å². The van der Waals surface area contributed by atoms with E-state index in [4.69, 9.17) is 28.9 Å². The van der Waals surface area contributed by atoms with Crippen molar-refractivity contribution < 1.29 is 18.9 Å². The summed E-state index contributed by atoms with van der Waals surface area (Å²) in [7, 11) is 6.46. The van der Waals surface area contributed by atoms with Crippen LogP contribution in [0.1, 0.15) is 64.3 Å². The predicted molar refractivity (Wildman–Crippen MR) is 151 cm³/mol. The van der Waals surface area contributed by atoms with Crippen molar-refractivity contribution in [1.82, 2.24) is 9.97 Å². The molecule has 182 valence electrons. The SMILES string of the molecule is COc1c(C(C)(C)C)nc(C#CC#Cc2nc(C(C)(C)C)c(OC)c(OC)c2I)c(I)c1OC. The normalized spacial score (nSPS) is 11.1. The highest BCUT2D eigenvalue weighted by molar-refractivity contribution is 14.1. The van der Waals surface area contributed by atoms with E-state index in [1.54, 1.807) is 28.4 Å². The number of halogens is 2. The smallest absolute Gasteiger partial charge is 0.184 e. The van der Waals surface area contributed by atoms with E-state index in [2.05, 4.69) is 110 Å². The summed E-state index contributed by atoms with van der Waals surface area (Å²) in [5, 5.41) is 0. The summed E-state index contributed by atoms with van der Waals surface area (Å²) in [6, 6.07) is 0. The topological polar surface area (TPSA) is 62.7 Å². The van der Waals surface area contributed by atoms with E-state index >= 15 is 0 Å². The number of nitrogens with zero attached hydrogens (tertiary/aromatic N) is 2. The van der Waals surface area contributed by atoms with Crippen molar-refractivity contribution in [3.63, 3.8) is 0 Å². The molecule has 2 heterocycles. The molecule has 0 saturated carbocycles. The third-order valence-electron chi connectivity index (χ3n) is 4.77. The van der Waals surface area contributed by atoms with Gasteiger partial charge in [0.05, 0.1) is 47.0 Å². The van der Waals surface area contributed by atoms with Gasteiger partial charge >= 0.3 is 0 Å². The van der Waals surface area contributed by atoms with Crippen LogP contribution in [0.15, 0.2) is 0 Å². The van der Waals surface area contributed by atoms with Crippen LogP contribution in [0.25, 0.3) is 0 Å². The Balaban J connectivity index is 2.64.